The average Bonchev–Trinajstić information content (AvgIpc) is 2.38. The second kappa shape index (κ2) is 6.68. The highest BCUT2D eigenvalue weighted by Gasteiger charge is 2.12. The smallest absolute Gasteiger partial charge is 0.251 e. The Bertz CT molecular complexity index is 521. The minimum absolute atomic E-state index is 0.0392. The van der Waals surface area contributed by atoms with E-state index in [-0.39, 0.29) is 22.6 Å². The van der Waals surface area contributed by atoms with Crippen molar-refractivity contribution < 1.29 is 13.2 Å². The van der Waals surface area contributed by atoms with Crippen molar-refractivity contribution in [1.82, 2.24) is 5.32 Å². The molecule has 0 aliphatic heterocycles. The summed E-state index contributed by atoms with van der Waals surface area (Å²) in [6.07, 6.45) is 0.702. The highest BCUT2D eigenvalue weighted by atomic mass is 32.2. The van der Waals surface area contributed by atoms with Gasteiger partial charge in [-0.05, 0) is 37.6 Å². The first-order chi connectivity index (χ1) is 8.86. The van der Waals surface area contributed by atoms with Crippen molar-refractivity contribution in [1.29, 1.82) is 0 Å². The number of sulfone groups is 1. The molecule has 1 aromatic carbocycles. The molecule has 1 amide bonds. The van der Waals surface area contributed by atoms with Crippen LogP contribution in [0.25, 0.3) is 0 Å². The molecule has 6 heteroatoms. The molecule has 0 aliphatic carbocycles. The predicted octanol–water partition coefficient (Wildman–Crippen LogP) is 0.947. The van der Waals surface area contributed by atoms with Gasteiger partial charge in [-0.1, -0.05) is 6.92 Å². The van der Waals surface area contributed by atoms with Crippen LogP contribution in [-0.2, 0) is 9.84 Å². The molecule has 0 heterocycles. The molecule has 0 spiro atoms. The fraction of sp³-hybridized carbons (Fsp3) is 0.462. The minimum Gasteiger partial charge on any atom is -0.352 e. The zero-order chi connectivity index (χ0) is 14.5. The van der Waals surface area contributed by atoms with Crippen molar-refractivity contribution >= 4 is 15.7 Å². The number of nitrogens with two attached hydrogens (primary N) is 1. The highest BCUT2D eigenvalue weighted by Crippen LogP contribution is 2.12. The van der Waals surface area contributed by atoms with Gasteiger partial charge in [-0.15, -0.1) is 0 Å². The third-order valence-electron chi connectivity index (χ3n) is 2.74. The van der Waals surface area contributed by atoms with Crippen molar-refractivity contribution in [3.8, 4) is 0 Å². The van der Waals surface area contributed by atoms with Gasteiger partial charge in [0, 0.05) is 18.2 Å². The molecule has 0 fully saturated rings. The Morgan fingerprint density at radius 1 is 1.32 bits per heavy atom. The van der Waals surface area contributed by atoms with Gasteiger partial charge >= 0.3 is 0 Å². The molecule has 19 heavy (non-hydrogen) atoms. The zero-order valence-corrected chi connectivity index (χ0v) is 12.0. The molecule has 1 aromatic rings. The first-order valence-electron chi connectivity index (χ1n) is 6.23. The molecule has 1 atom stereocenters. The van der Waals surface area contributed by atoms with Crippen LogP contribution in [0.2, 0.25) is 0 Å². The van der Waals surface area contributed by atoms with Crippen LogP contribution in [0, 0.1) is 0 Å². The van der Waals surface area contributed by atoms with Crippen LogP contribution >= 0.6 is 0 Å². The lowest BCUT2D eigenvalue weighted by molar-refractivity contribution is 0.0952. The molecular weight excluding hydrogens is 264 g/mol. The summed E-state index contributed by atoms with van der Waals surface area (Å²) in [4.78, 5) is 12.0. The first-order valence-corrected chi connectivity index (χ1v) is 7.88. The second-order valence-electron chi connectivity index (χ2n) is 4.45. The highest BCUT2D eigenvalue weighted by molar-refractivity contribution is 7.91. The van der Waals surface area contributed by atoms with E-state index in [0.717, 1.165) is 0 Å². The lowest BCUT2D eigenvalue weighted by Gasteiger charge is -2.08. The number of nitrogens with one attached hydrogen (secondary N) is 1. The van der Waals surface area contributed by atoms with Gasteiger partial charge in [0.2, 0.25) is 0 Å². The first kappa shape index (κ1) is 15.7. The maximum atomic E-state index is 11.8. The summed E-state index contributed by atoms with van der Waals surface area (Å²) >= 11 is 0. The Labute approximate surface area is 114 Å². The van der Waals surface area contributed by atoms with Gasteiger partial charge in [0.1, 0.15) is 0 Å². The second-order valence-corrected chi connectivity index (χ2v) is 6.73. The van der Waals surface area contributed by atoms with Crippen LogP contribution in [0.5, 0.6) is 0 Å². The van der Waals surface area contributed by atoms with E-state index in [9.17, 15) is 13.2 Å². The minimum atomic E-state index is -3.22. The monoisotopic (exact) mass is 284 g/mol. The molecule has 1 rings (SSSR count). The van der Waals surface area contributed by atoms with E-state index < -0.39 is 9.84 Å². The lowest BCUT2D eigenvalue weighted by Crippen LogP contribution is -2.28. The molecule has 1 unspecified atom stereocenters. The third kappa shape index (κ3) is 4.65. The molecule has 0 bridgehead atoms. The quantitative estimate of drug-likeness (QED) is 0.814. The number of hydrogen-bond donors (Lipinski definition) is 2. The van der Waals surface area contributed by atoms with Crippen LogP contribution in [0.4, 0.5) is 0 Å². The van der Waals surface area contributed by atoms with E-state index in [1.165, 1.54) is 24.3 Å². The van der Waals surface area contributed by atoms with Crippen molar-refractivity contribution in [3.05, 3.63) is 29.8 Å². The largest absolute Gasteiger partial charge is 0.352 e. The van der Waals surface area contributed by atoms with Gasteiger partial charge in [-0.25, -0.2) is 8.42 Å². The molecular formula is C13H20N2O3S. The zero-order valence-electron chi connectivity index (χ0n) is 11.2. The number of amides is 1. The van der Waals surface area contributed by atoms with Crippen molar-refractivity contribution in [2.45, 2.75) is 31.2 Å². The van der Waals surface area contributed by atoms with Crippen LogP contribution in [0.1, 0.15) is 30.6 Å². The van der Waals surface area contributed by atoms with Gasteiger partial charge in [-0.3, -0.25) is 4.79 Å². The van der Waals surface area contributed by atoms with Crippen molar-refractivity contribution in [2.75, 3.05) is 12.3 Å². The van der Waals surface area contributed by atoms with Gasteiger partial charge in [0.15, 0.2) is 9.84 Å². The number of carbonyl (C=O) groups excluding carboxylic acids is 1. The molecule has 5 nitrogen and oxygen atoms in total. The molecule has 0 aromatic heterocycles. The van der Waals surface area contributed by atoms with E-state index in [1.54, 1.807) is 6.92 Å². The molecule has 0 aliphatic rings. The Hall–Kier alpha value is -1.40. The van der Waals surface area contributed by atoms with E-state index in [2.05, 4.69) is 5.32 Å². The Kier molecular flexibility index (Phi) is 5.50. The molecule has 3 N–H and O–H groups in total. The van der Waals surface area contributed by atoms with Crippen LogP contribution in [0.15, 0.2) is 29.2 Å². The van der Waals surface area contributed by atoms with Gasteiger partial charge < -0.3 is 11.1 Å². The van der Waals surface area contributed by atoms with Gasteiger partial charge in [0.25, 0.3) is 5.91 Å². The van der Waals surface area contributed by atoms with E-state index in [1.807, 2.05) is 6.92 Å². The standard InChI is InChI=1S/C13H20N2O3S/c1-3-19(17,18)12-6-4-11(5-7-12)13(16)15-9-8-10(2)14/h4-7,10H,3,8-9,14H2,1-2H3,(H,15,16). The molecule has 0 saturated carbocycles. The summed E-state index contributed by atoms with van der Waals surface area (Å²) in [5.74, 6) is -0.173. The van der Waals surface area contributed by atoms with E-state index >= 15 is 0 Å². The normalized spacial score (nSPS) is 13.0. The fourth-order valence-electron chi connectivity index (χ4n) is 1.50. The number of hydrogen-bond acceptors (Lipinski definition) is 4. The molecule has 0 saturated heterocycles. The number of rotatable bonds is 6. The summed E-state index contributed by atoms with van der Waals surface area (Å²) in [6, 6.07) is 5.99. The summed E-state index contributed by atoms with van der Waals surface area (Å²) in [7, 11) is -3.22. The van der Waals surface area contributed by atoms with E-state index in [4.69, 9.17) is 5.73 Å². The Morgan fingerprint density at radius 3 is 2.37 bits per heavy atom. The van der Waals surface area contributed by atoms with Gasteiger partial charge in [-0.2, -0.15) is 0 Å². The summed E-state index contributed by atoms with van der Waals surface area (Å²) in [6.45, 7) is 3.96. The Balaban J connectivity index is 2.69. The van der Waals surface area contributed by atoms with Crippen molar-refractivity contribution in [3.63, 3.8) is 0 Å². The third-order valence-corrected chi connectivity index (χ3v) is 4.49. The van der Waals surface area contributed by atoms with Crippen LogP contribution in [-0.4, -0.2) is 32.7 Å². The Morgan fingerprint density at radius 2 is 1.89 bits per heavy atom. The summed E-state index contributed by atoms with van der Waals surface area (Å²) < 4.78 is 23.2. The lowest BCUT2D eigenvalue weighted by atomic mass is 10.2. The van der Waals surface area contributed by atoms with Crippen LogP contribution < -0.4 is 11.1 Å². The topological polar surface area (TPSA) is 89.3 Å². The van der Waals surface area contributed by atoms with Crippen LogP contribution in [0.3, 0.4) is 0 Å². The fourth-order valence-corrected chi connectivity index (χ4v) is 2.38. The van der Waals surface area contributed by atoms with Gasteiger partial charge in [0.05, 0.1) is 10.6 Å². The SMILES string of the molecule is CCS(=O)(=O)c1ccc(C(=O)NCCC(C)N)cc1. The number of carbonyl (C=O) groups is 1. The maximum absolute atomic E-state index is 11.8. The predicted molar refractivity (Wildman–Crippen MR) is 74.8 cm³/mol. The summed E-state index contributed by atoms with van der Waals surface area (Å²) in [5, 5.41) is 2.73. The molecule has 0 radical (unpaired) electrons. The summed E-state index contributed by atoms with van der Waals surface area (Å²) in [5.41, 5.74) is 6.03. The maximum Gasteiger partial charge on any atom is 0.251 e. The molecule has 106 valence electrons. The van der Waals surface area contributed by atoms with E-state index in [0.29, 0.717) is 18.5 Å². The van der Waals surface area contributed by atoms with Crippen molar-refractivity contribution in [2.24, 2.45) is 5.73 Å². The average molecular weight is 284 g/mol. The number of benzene rings is 1.